The van der Waals surface area contributed by atoms with E-state index in [1.807, 2.05) is 6.92 Å². The van der Waals surface area contributed by atoms with Crippen LogP contribution >= 0.6 is 11.6 Å². The number of hydrogen-bond acceptors (Lipinski definition) is 5. The minimum absolute atomic E-state index is 0.110. The highest BCUT2D eigenvalue weighted by molar-refractivity contribution is 6.30. The van der Waals surface area contributed by atoms with Crippen molar-refractivity contribution in [1.29, 1.82) is 0 Å². The van der Waals surface area contributed by atoms with Crippen molar-refractivity contribution in [2.45, 2.75) is 64.1 Å². The summed E-state index contributed by atoms with van der Waals surface area (Å²) in [5, 5.41) is 3.31. The van der Waals surface area contributed by atoms with Gasteiger partial charge in [0.05, 0.1) is 22.9 Å². The first-order valence-electron chi connectivity index (χ1n) is 13.5. The van der Waals surface area contributed by atoms with Crippen LogP contribution in [0.1, 0.15) is 54.4 Å². The Labute approximate surface area is 244 Å². The average Bonchev–Trinajstić information content (AvgIpc) is 3.32. The van der Waals surface area contributed by atoms with E-state index < -0.39 is 12.2 Å². The maximum atomic E-state index is 14.9. The van der Waals surface area contributed by atoms with Crippen LogP contribution in [-0.4, -0.2) is 33.9 Å². The quantitative estimate of drug-likeness (QED) is 0.203. The molecule has 1 saturated carbocycles. The summed E-state index contributed by atoms with van der Waals surface area (Å²) in [6, 6.07) is 13.3. The average molecular weight is 606 g/mol. The van der Waals surface area contributed by atoms with Gasteiger partial charge in [-0.2, -0.15) is 0 Å². The first-order chi connectivity index (χ1) is 20.1. The molecule has 0 spiro atoms. The van der Waals surface area contributed by atoms with Crippen LogP contribution < -0.4 is 19.5 Å². The van der Waals surface area contributed by atoms with Gasteiger partial charge in [0.2, 0.25) is 0 Å². The van der Waals surface area contributed by atoms with E-state index in [1.165, 1.54) is 30.3 Å². The second-order valence-corrected chi connectivity index (χ2v) is 10.4. The molecule has 0 bridgehead atoms. The van der Waals surface area contributed by atoms with Gasteiger partial charge < -0.3 is 19.5 Å². The summed E-state index contributed by atoms with van der Waals surface area (Å²) >= 11 is 6.11. The lowest BCUT2D eigenvalue weighted by Gasteiger charge is -2.29. The minimum atomic E-state index is -4.75. The SMILES string of the molecule is CCc1nc2ccc(Cl)cn2c1C(=O)NCc1ccc(OC2CCC(Oc3ccc(OC(F)(F)F)cc3)CC2)c(F)c1. The normalized spacial score (nSPS) is 17.2. The minimum Gasteiger partial charge on any atom is -0.490 e. The van der Waals surface area contributed by atoms with Crippen molar-refractivity contribution >= 4 is 23.2 Å². The fourth-order valence-corrected chi connectivity index (χ4v) is 5.09. The Morgan fingerprint density at radius 3 is 2.31 bits per heavy atom. The van der Waals surface area contributed by atoms with Crippen molar-refractivity contribution in [3.8, 4) is 17.2 Å². The van der Waals surface area contributed by atoms with Gasteiger partial charge in [-0.15, -0.1) is 13.2 Å². The van der Waals surface area contributed by atoms with Crippen molar-refractivity contribution in [2.24, 2.45) is 0 Å². The van der Waals surface area contributed by atoms with E-state index in [-0.39, 0.29) is 36.2 Å². The van der Waals surface area contributed by atoms with Crippen molar-refractivity contribution < 1.29 is 36.6 Å². The zero-order valence-electron chi connectivity index (χ0n) is 22.6. The van der Waals surface area contributed by atoms with Crippen molar-refractivity contribution in [3.05, 3.63) is 88.6 Å². The van der Waals surface area contributed by atoms with E-state index in [2.05, 4.69) is 15.0 Å². The third-order valence-corrected chi connectivity index (χ3v) is 7.15. The number of carbonyl (C=O) groups excluding carboxylic acids is 1. The zero-order valence-corrected chi connectivity index (χ0v) is 23.3. The van der Waals surface area contributed by atoms with Gasteiger partial charge in [-0.3, -0.25) is 9.20 Å². The number of alkyl halides is 3. The van der Waals surface area contributed by atoms with Crippen molar-refractivity contribution in [1.82, 2.24) is 14.7 Å². The number of nitrogens with zero attached hydrogens (tertiary/aromatic N) is 2. The molecule has 0 saturated heterocycles. The molecule has 4 aromatic rings. The van der Waals surface area contributed by atoms with Crippen LogP contribution in [0.4, 0.5) is 17.6 Å². The number of pyridine rings is 1. The summed E-state index contributed by atoms with van der Waals surface area (Å²) in [6.07, 6.45) is -0.351. The predicted octanol–water partition coefficient (Wildman–Crippen LogP) is 7.29. The molecule has 0 unspecified atom stereocenters. The second-order valence-electron chi connectivity index (χ2n) is 9.94. The van der Waals surface area contributed by atoms with Gasteiger partial charge in [0.25, 0.3) is 5.91 Å². The second kappa shape index (κ2) is 12.5. The molecule has 0 atom stereocenters. The number of imidazole rings is 1. The number of fused-ring (bicyclic) bond motifs is 1. The smallest absolute Gasteiger partial charge is 0.490 e. The number of carbonyl (C=O) groups is 1. The van der Waals surface area contributed by atoms with E-state index in [0.29, 0.717) is 65.5 Å². The van der Waals surface area contributed by atoms with Gasteiger partial charge in [0.1, 0.15) is 22.8 Å². The molecule has 1 amide bonds. The molecule has 0 aliphatic heterocycles. The molecule has 42 heavy (non-hydrogen) atoms. The van der Waals surface area contributed by atoms with E-state index in [4.69, 9.17) is 21.1 Å². The van der Waals surface area contributed by atoms with Crippen LogP contribution in [0.3, 0.4) is 0 Å². The van der Waals surface area contributed by atoms with Gasteiger partial charge in [0, 0.05) is 12.7 Å². The Bertz CT molecular complexity index is 1550. The first-order valence-corrected chi connectivity index (χ1v) is 13.9. The number of amides is 1. The van der Waals surface area contributed by atoms with E-state index in [9.17, 15) is 22.4 Å². The summed E-state index contributed by atoms with van der Waals surface area (Å²) in [5.41, 5.74) is 2.21. The summed E-state index contributed by atoms with van der Waals surface area (Å²) in [5.74, 6) is -0.618. The van der Waals surface area contributed by atoms with Crippen LogP contribution in [0.5, 0.6) is 17.2 Å². The van der Waals surface area contributed by atoms with Gasteiger partial charge >= 0.3 is 6.36 Å². The third-order valence-electron chi connectivity index (χ3n) is 6.93. The van der Waals surface area contributed by atoms with E-state index >= 15 is 0 Å². The molecular weight excluding hydrogens is 578 g/mol. The summed E-state index contributed by atoms with van der Waals surface area (Å²) in [6.45, 7) is 2.02. The molecule has 2 aromatic carbocycles. The summed E-state index contributed by atoms with van der Waals surface area (Å²) < 4.78 is 69.2. The lowest BCUT2D eigenvalue weighted by atomic mass is 9.95. The number of halogens is 5. The molecule has 1 aliphatic rings. The Hall–Kier alpha value is -3.99. The maximum absolute atomic E-state index is 14.9. The maximum Gasteiger partial charge on any atom is 0.573 e. The van der Waals surface area contributed by atoms with E-state index in [1.54, 1.807) is 34.9 Å². The molecular formula is C30H28ClF4N3O4. The van der Waals surface area contributed by atoms with Gasteiger partial charge in [0.15, 0.2) is 11.6 Å². The molecule has 222 valence electrons. The Morgan fingerprint density at radius 1 is 1.00 bits per heavy atom. The van der Waals surface area contributed by atoms with E-state index in [0.717, 1.165) is 0 Å². The highest BCUT2D eigenvalue weighted by Gasteiger charge is 2.31. The monoisotopic (exact) mass is 605 g/mol. The predicted molar refractivity (Wildman–Crippen MR) is 148 cm³/mol. The van der Waals surface area contributed by atoms with Gasteiger partial charge in [-0.1, -0.05) is 24.6 Å². The number of hydrogen-bond donors (Lipinski definition) is 1. The largest absolute Gasteiger partial charge is 0.573 e. The lowest BCUT2D eigenvalue weighted by molar-refractivity contribution is -0.274. The number of ether oxygens (including phenoxy) is 3. The highest BCUT2D eigenvalue weighted by atomic mass is 35.5. The zero-order chi connectivity index (χ0) is 29.9. The molecule has 0 radical (unpaired) electrons. The number of rotatable bonds is 9. The number of benzene rings is 2. The molecule has 1 N–H and O–H groups in total. The molecule has 2 heterocycles. The van der Waals surface area contributed by atoms with Crippen LogP contribution in [0, 0.1) is 5.82 Å². The van der Waals surface area contributed by atoms with Gasteiger partial charge in [-0.05, 0) is 86.2 Å². The van der Waals surface area contributed by atoms with Crippen molar-refractivity contribution in [3.63, 3.8) is 0 Å². The summed E-state index contributed by atoms with van der Waals surface area (Å²) in [7, 11) is 0. The molecule has 2 aromatic heterocycles. The Morgan fingerprint density at radius 2 is 1.67 bits per heavy atom. The molecule has 12 heteroatoms. The topological polar surface area (TPSA) is 74.1 Å². The van der Waals surface area contributed by atoms with Crippen LogP contribution in [0.25, 0.3) is 5.65 Å². The van der Waals surface area contributed by atoms with Crippen LogP contribution in [-0.2, 0) is 13.0 Å². The van der Waals surface area contributed by atoms with Crippen LogP contribution in [0.15, 0.2) is 60.8 Å². The Balaban J connectivity index is 1.12. The fraction of sp³-hybridized carbons (Fsp3) is 0.333. The fourth-order valence-electron chi connectivity index (χ4n) is 4.93. The molecule has 1 aliphatic carbocycles. The number of nitrogens with one attached hydrogen (secondary N) is 1. The molecule has 7 nitrogen and oxygen atoms in total. The standard InChI is InChI=1S/C30H28ClF4N3O4/c1-2-25-28(38-17-19(31)4-14-27(38)37-25)29(39)36-16-18-3-13-26(24(32)15-18)41-22-7-5-20(6-8-22)40-21-9-11-23(12-10-21)42-30(33,34)35/h3-4,9-15,17,20,22H,2,5-8,16H2,1H3,(H,36,39). The Kier molecular flexibility index (Phi) is 8.77. The van der Waals surface area contributed by atoms with Crippen LogP contribution in [0.2, 0.25) is 5.02 Å². The number of aromatic nitrogens is 2. The number of aryl methyl sites for hydroxylation is 1. The molecule has 5 rings (SSSR count). The third kappa shape index (κ3) is 7.25. The molecule has 1 fully saturated rings. The van der Waals surface area contributed by atoms with Gasteiger partial charge in [-0.25, -0.2) is 9.37 Å². The van der Waals surface area contributed by atoms with Crippen molar-refractivity contribution in [2.75, 3.05) is 0 Å². The first kappa shape index (κ1) is 29.5. The highest BCUT2D eigenvalue weighted by Crippen LogP contribution is 2.30. The summed E-state index contributed by atoms with van der Waals surface area (Å²) in [4.78, 5) is 17.5. The lowest BCUT2D eigenvalue weighted by Crippen LogP contribution is -2.30.